The van der Waals surface area contributed by atoms with Gasteiger partial charge in [-0.15, -0.1) is 0 Å². The summed E-state index contributed by atoms with van der Waals surface area (Å²) in [6.45, 7) is 3.89. The maximum atomic E-state index is 7.79. The summed E-state index contributed by atoms with van der Waals surface area (Å²) in [5.41, 5.74) is 1.99. The highest BCUT2D eigenvalue weighted by molar-refractivity contribution is 9.09. The summed E-state index contributed by atoms with van der Waals surface area (Å²) in [4.78, 5) is 0. The lowest BCUT2D eigenvalue weighted by atomic mass is 10.1. The van der Waals surface area contributed by atoms with E-state index in [-0.39, 0.29) is 5.90 Å². The molecular weight excluding hydrogens is 266 g/mol. The van der Waals surface area contributed by atoms with Gasteiger partial charge in [0, 0.05) is 10.9 Å². The zero-order valence-electron chi connectivity index (χ0n) is 9.59. The highest BCUT2D eigenvalue weighted by Gasteiger charge is 2.02. The van der Waals surface area contributed by atoms with Crippen molar-refractivity contribution in [3.63, 3.8) is 0 Å². The number of hydrogen-bond acceptors (Lipinski definition) is 2. The van der Waals surface area contributed by atoms with Gasteiger partial charge in [-0.05, 0) is 38.5 Å². The third kappa shape index (κ3) is 4.19. The minimum Gasteiger partial charge on any atom is -0.444 e. The lowest BCUT2D eigenvalue weighted by molar-refractivity contribution is 0.412. The highest BCUT2D eigenvalue weighted by Crippen LogP contribution is 2.08. The molecule has 0 heterocycles. The van der Waals surface area contributed by atoms with Gasteiger partial charge in [-0.2, -0.15) is 0 Å². The fourth-order valence-electron chi connectivity index (χ4n) is 1.22. The van der Waals surface area contributed by atoms with Crippen molar-refractivity contribution in [1.82, 2.24) is 0 Å². The molecule has 1 rings (SSSR count). The molecule has 0 fully saturated rings. The van der Waals surface area contributed by atoms with Crippen LogP contribution in [0.4, 0.5) is 0 Å². The van der Waals surface area contributed by atoms with E-state index in [1.807, 2.05) is 44.2 Å². The van der Waals surface area contributed by atoms with Gasteiger partial charge in [0.2, 0.25) is 5.90 Å². The highest BCUT2D eigenvalue weighted by atomic mass is 79.9. The normalized spacial score (nSPS) is 11.3. The molecule has 16 heavy (non-hydrogen) atoms. The van der Waals surface area contributed by atoms with Crippen LogP contribution in [0.2, 0.25) is 0 Å². The van der Waals surface area contributed by atoms with Gasteiger partial charge in [-0.3, -0.25) is 5.41 Å². The molecule has 1 N–H and O–H groups in total. The van der Waals surface area contributed by atoms with Crippen molar-refractivity contribution < 1.29 is 4.74 Å². The Hall–Kier alpha value is -1.09. The Labute approximate surface area is 105 Å². The van der Waals surface area contributed by atoms with Gasteiger partial charge in [0.1, 0.15) is 0 Å². The van der Waals surface area contributed by atoms with E-state index in [4.69, 9.17) is 10.1 Å². The molecule has 2 nitrogen and oxygen atoms in total. The van der Waals surface area contributed by atoms with Crippen LogP contribution in [-0.4, -0.2) is 11.2 Å². The Kier molecular flexibility index (Phi) is 5.26. The largest absolute Gasteiger partial charge is 0.444 e. The molecule has 0 saturated carbocycles. The number of halogens is 1. The minimum atomic E-state index is 0.198. The molecule has 0 spiro atoms. The van der Waals surface area contributed by atoms with E-state index in [1.54, 1.807) is 0 Å². The maximum Gasteiger partial charge on any atom is 0.218 e. The summed E-state index contributed by atoms with van der Waals surface area (Å²) < 4.78 is 5.40. The molecule has 0 unspecified atom stereocenters. The summed E-state index contributed by atoms with van der Waals surface area (Å²) in [7, 11) is 0. The van der Waals surface area contributed by atoms with Crippen LogP contribution in [0, 0.1) is 12.3 Å². The summed E-state index contributed by atoms with van der Waals surface area (Å²) in [6, 6.07) is 7.75. The van der Waals surface area contributed by atoms with E-state index >= 15 is 0 Å². The van der Waals surface area contributed by atoms with Gasteiger partial charge in [0.25, 0.3) is 0 Å². The van der Waals surface area contributed by atoms with E-state index in [0.717, 1.165) is 23.1 Å². The molecule has 0 radical (unpaired) electrons. The Morgan fingerprint density at radius 1 is 1.38 bits per heavy atom. The van der Waals surface area contributed by atoms with Crippen LogP contribution in [0.15, 0.2) is 36.1 Å². The zero-order valence-corrected chi connectivity index (χ0v) is 11.2. The van der Waals surface area contributed by atoms with Crippen molar-refractivity contribution in [1.29, 1.82) is 5.41 Å². The molecule has 1 aromatic rings. The molecule has 0 bridgehead atoms. The number of nitrogens with one attached hydrogen (secondary N) is 1. The molecule has 86 valence electrons. The van der Waals surface area contributed by atoms with Gasteiger partial charge in [-0.25, -0.2) is 0 Å². The van der Waals surface area contributed by atoms with Crippen molar-refractivity contribution in [2.75, 3.05) is 5.33 Å². The van der Waals surface area contributed by atoms with E-state index in [9.17, 15) is 0 Å². The number of allylic oxidation sites excluding steroid dienone is 2. The first kappa shape index (κ1) is 13.0. The first-order valence-corrected chi connectivity index (χ1v) is 6.32. The lowest BCUT2D eigenvalue weighted by Crippen LogP contribution is -2.03. The van der Waals surface area contributed by atoms with Crippen LogP contribution in [-0.2, 0) is 4.74 Å². The molecule has 0 atom stereocenters. The van der Waals surface area contributed by atoms with E-state index in [2.05, 4.69) is 15.9 Å². The van der Waals surface area contributed by atoms with Crippen LogP contribution in [0.25, 0.3) is 0 Å². The average Bonchev–Trinajstić information content (AvgIpc) is 2.27. The number of alkyl halides is 1. The molecule has 3 heteroatoms. The second-order valence-electron chi connectivity index (χ2n) is 3.59. The predicted molar refractivity (Wildman–Crippen MR) is 71.3 cm³/mol. The molecule has 0 amide bonds. The summed E-state index contributed by atoms with van der Waals surface area (Å²) in [5.74, 6) is 0.966. The second-order valence-corrected chi connectivity index (χ2v) is 4.38. The second kappa shape index (κ2) is 6.48. The number of hydrogen-bond donors (Lipinski definition) is 1. The van der Waals surface area contributed by atoms with Gasteiger partial charge in [0.15, 0.2) is 0 Å². The van der Waals surface area contributed by atoms with E-state index in [1.165, 1.54) is 5.56 Å². The van der Waals surface area contributed by atoms with Crippen LogP contribution in [0.3, 0.4) is 0 Å². The topological polar surface area (TPSA) is 33.1 Å². The Bertz CT molecular complexity index is 381. The summed E-state index contributed by atoms with van der Waals surface area (Å²) >= 11 is 3.34. The summed E-state index contributed by atoms with van der Waals surface area (Å²) in [6.07, 6.45) is 2.88. The van der Waals surface area contributed by atoms with Crippen molar-refractivity contribution in [2.45, 2.75) is 20.3 Å². The van der Waals surface area contributed by atoms with Crippen molar-refractivity contribution >= 4 is 21.8 Å². The van der Waals surface area contributed by atoms with Crippen molar-refractivity contribution in [2.24, 2.45) is 0 Å². The molecule has 1 aromatic carbocycles. The monoisotopic (exact) mass is 281 g/mol. The smallest absolute Gasteiger partial charge is 0.218 e. The average molecular weight is 282 g/mol. The quantitative estimate of drug-likeness (QED) is 0.384. The molecule has 0 saturated heterocycles. The van der Waals surface area contributed by atoms with Crippen molar-refractivity contribution in [3.05, 3.63) is 47.2 Å². The number of ether oxygens (including phenoxy) is 1. The van der Waals surface area contributed by atoms with Gasteiger partial charge in [-0.1, -0.05) is 33.6 Å². The zero-order chi connectivity index (χ0) is 12.0. The molecule has 0 aliphatic heterocycles. The standard InChI is InChI=1S/C13H16BrNO/c1-10-5-7-12(8-6-10)13(15)16-11(2)4-3-9-14/h4-8,15H,3,9H2,1-2H3/b11-4+,15-13?. The number of aryl methyl sites for hydroxylation is 1. The first-order valence-electron chi connectivity index (χ1n) is 5.19. The van der Waals surface area contributed by atoms with Gasteiger partial charge < -0.3 is 4.74 Å². The lowest BCUT2D eigenvalue weighted by Gasteiger charge is -2.07. The van der Waals surface area contributed by atoms with E-state index < -0.39 is 0 Å². The minimum absolute atomic E-state index is 0.198. The fourth-order valence-corrected chi connectivity index (χ4v) is 1.45. The third-order valence-corrected chi connectivity index (χ3v) is 2.58. The van der Waals surface area contributed by atoms with Crippen molar-refractivity contribution in [3.8, 4) is 0 Å². The van der Waals surface area contributed by atoms with Crippen LogP contribution in [0.1, 0.15) is 24.5 Å². The number of benzene rings is 1. The summed E-state index contributed by atoms with van der Waals surface area (Å²) in [5, 5.41) is 8.70. The maximum absolute atomic E-state index is 7.79. The number of rotatable bonds is 4. The molecule has 0 aromatic heterocycles. The molecular formula is C13H16BrNO. The van der Waals surface area contributed by atoms with E-state index in [0.29, 0.717) is 0 Å². The van der Waals surface area contributed by atoms with Crippen LogP contribution < -0.4 is 0 Å². The molecule has 0 aliphatic carbocycles. The Morgan fingerprint density at radius 3 is 2.56 bits per heavy atom. The van der Waals surface area contributed by atoms with Crippen LogP contribution >= 0.6 is 15.9 Å². The van der Waals surface area contributed by atoms with Gasteiger partial charge in [0.05, 0.1) is 5.76 Å². The SMILES string of the molecule is C/C(=C\CCBr)OC(=N)c1ccc(C)cc1. The predicted octanol–water partition coefficient (Wildman–Crippen LogP) is 4.03. The fraction of sp³-hybridized carbons (Fsp3) is 0.308. The van der Waals surface area contributed by atoms with Gasteiger partial charge >= 0.3 is 0 Å². The van der Waals surface area contributed by atoms with Crippen LogP contribution in [0.5, 0.6) is 0 Å². The first-order chi connectivity index (χ1) is 7.63. The Morgan fingerprint density at radius 2 is 2.00 bits per heavy atom. The third-order valence-electron chi connectivity index (χ3n) is 2.12. The Balaban J connectivity index is 2.62. The molecule has 0 aliphatic rings.